The highest BCUT2D eigenvalue weighted by Crippen LogP contribution is 2.43. The Kier molecular flexibility index (Phi) is 2.79. The third kappa shape index (κ3) is 5.43. The van der Waals surface area contributed by atoms with Gasteiger partial charge in [-0.2, -0.15) is 0 Å². The van der Waals surface area contributed by atoms with Crippen LogP contribution in [0.2, 0.25) is 0 Å². The molecule has 0 spiro atoms. The van der Waals surface area contributed by atoms with Gasteiger partial charge in [-0.25, -0.2) is 0 Å². The Morgan fingerprint density at radius 3 is 1.48 bits per heavy atom. The summed E-state index contributed by atoms with van der Waals surface area (Å²) in [5, 5.41) is -1.23. The molecular weight excluding hydrogens is 607 g/mol. The van der Waals surface area contributed by atoms with Crippen LogP contribution in [0.25, 0.3) is 66.4 Å². The number of fused-ring (bicyclic) bond motifs is 3. The first-order valence-corrected chi connectivity index (χ1v) is 14.3. The van der Waals surface area contributed by atoms with Crippen molar-refractivity contribution in [2.45, 2.75) is 0 Å². The van der Waals surface area contributed by atoms with E-state index in [-0.39, 0.29) is 0 Å². The average molecular weight is 673 g/mol. The SMILES string of the molecule is [2H]c1c([2H])c([2H])c(-c2c([2H])c([2H])c(N(c3c([2H])c([2H])c(-c4c([2H])c([2H])c(-c5c([2H])c([2H])c([2H])c([2H])c5[2H])c(-c5c([2H])c([2H])c([2H])c([2H])c5[2H])c4[2H])c([2H])c3[2H])c3c([2H])c([2H])c([2H])c4c3oc3c([2H])c([2H])c([2H])c([2H])c34)c([2H])c2[2H])c([2H])c1[2H]. The van der Waals surface area contributed by atoms with Gasteiger partial charge < -0.3 is 9.32 Å². The number of furan rings is 1. The fourth-order valence-corrected chi connectivity index (χ4v) is 4.93. The quantitative estimate of drug-likeness (QED) is 0.168. The largest absolute Gasteiger partial charge is 0.454 e. The minimum atomic E-state index is -1.37. The summed E-state index contributed by atoms with van der Waals surface area (Å²) in [4.78, 5) is 0.344. The number of rotatable bonds is 7. The lowest BCUT2D eigenvalue weighted by Gasteiger charge is -2.26. The number of nitrogens with zero attached hydrogens (tertiary/aromatic N) is 1. The van der Waals surface area contributed by atoms with Crippen LogP contribution in [0.3, 0.4) is 0 Å². The van der Waals surface area contributed by atoms with Crippen molar-refractivity contribution in [1.82, 2.24) is 0 Å². The molecule has 0 saturated heterocycles. The van der Waals surface area contributed by atoms with Crippen LogP contribution in [-0.4, -0.2) is 0 Å². The van der Waals surface area contributed by atoms with E-state index in [1.807, 2.05) is 0 Å². The average Bonchev–Trinajstić information content (AvgIpc) is 2.23. The smallest absolute Gasteiger partial charge is 0.159 e. The van der Waals surface area contributed by atoms with E-state index in [4.69, 9.17) is 33.2 Å². The van der Waals surface area contributed by atoms with Crippen LogP contribution in [0, 0.1) is 0 Å². The van der Waals surface area contributed by atoms with E-state index >= 15 is 0 Å². The minimum absolute atomic E-state index is 0.344. The van der Waals surface area contributed by atoms with Crippen molar-refractivity contribution in [3.63, 3.8) is 0 Å². The van der Waals surface area contributed by atoms with Crippen LogP contribution in [0.5, 0.6) is 0 Å². The molecule has 8 aromatic carbocycles. The Morgan fingerprint density at radius 1 is 0.360 bits per heavy atom. The highest BCUT2D eigenvalue weighted by molar-refractivity contribution is 6.10. The molecule has 9 rings (SSSR count). The fraction of sp³-hybridized carbons (Fsp3) is 0. The van der Waals surface area contributed by atoms with Gasteiger partial charge in [-0.15, -0.1) is 0 Å². The van der Waals surface area contributed by atoms with Crippen LogP contribution >= 0.6 is 0 Å². The number of benzene rings is 8. The summed E-state index contributed by atoms with van der Waals surface area (Å²) in [7, 11) is 0. The predicted octanol–water partition coefficient (Wildman–Crippen LogP) is 13.7. The van der Waals surface area contributed by atoms with E-state index in [0.29, 0.717) is 4.90 Å². The summed E-state index contributed by atoms with van der Waals surface area (Å²) in [5.74, 6) is 0. The van der Waals surface area contributed by atoms with Crippen molar-refractivity contribution >= 4 is 39.0 Å². The van der Waals surface area contributed by atoms with Crippen LogP contribution in [0.4, 0.5) is 17.1 Å². The van der Waals surface area contributed by atoms with Crippen molar-refractivity contribution in [3.05, 3.63) is 199 Å². The molecule has 0 fully saturated rings. The summed E-state index contributed by atoms with van der Waals surface area (Å²) in [5.41, 5.74) is -12.7. The van der Waals surface area contributed by atoms with Gasteiger partial charge in [0, 0.05) is 22.1 Å². The zero-order valence-electron chi connectivity index (χ0n) is 57.9. The summed E-state index contributed by atoms with van der Waals surface area (Å²) in [6.07, 6.45) is 0. The van der Waals surface area contributed by atoms with Gasteiger partial charge in [0.15, 0.2) is 5.58 Å². The van der Waals surface area contributed by atoms with E-state index < -0.39 is 283 Å². The Balaban J connectivity index is 1.49. The third-order valence-corrected chi connectivity index (χ3v) is 7.12. The molecule has 0 N–H and O–H groups in total. The molecule has 50 heavy (non-hydrogen) atoms. The van der Waals surface area contributed by atoms with Crippen molar-refractivity contribution in [1.29, 1.82) is 0 Å². The molecule has 0 bridgehead atoms. The molecule has 0 aliphatic rings. The van der Waals surface area contributed by atoms with Gasteiger partial charge in [-0.05, 0) is 86.8 Å². The standard InChI is InChI=1S/C48H33NO/c1-4-13-34(14-5-1)35-23-28-40(29-24-35)49(46-21-12-20-44-43-19-10-11-22-47(43)50-48(44)46)41-30-25-36(26-31-41)39-27-32-42(37-15-6-2-7-16-37)45(33-39)38-17-8-3-9-18-38/h1-33H/i1D,2D,3D,4D,5D,6D,7D,8D,9D,10D,11D,12D,13D,14D,15D,16D,17D,18D,19D,20D,21D,22D,23D,24D,25D,26D,27D,28D,29D,30D,31D,32D,33D. The molecule has 236 valence electrons. The minimum Gasteiger partial charge on any atom is -0.454 e. The molecule has 0 atom stereocenters. The molecule has 2 nitrogen and oxygen atoms in total. The summed E-state index contributed by atoms with van der Waals surface area (Å²) < 4.78 is 300. The Morgan fingerprint density at radius 2 is 0.840 bits per heavy atom. The van der Waals surface area contributed by atoms with Crippen LogP contribution in [-0.2, 0) is 0 Å². The van der Waals surface area contributed by atoms with E-state index in [9.17, 15) is 16.4 Å². The number of anilines is 3. The molecule has 0 aliphatic carbocycles. The first kappa shape index (κ1) is 10.9. The number of para-hydroxylation sites is 2. The molecule has 0 saturated carbocycles. The molecule has 0 radical (unpaired) electrons. The lowest BCUT2D eigenvalue weighted by atomic mass is 9.91. The highest BCUT2D eigenvalue weighted by Gasteiger charge is 2.20. The normalized spacial score (nSPS) is 20.4. The van der Waals surface area contributed by atoms with Crippen molar-refractivity contribution in [3.8, 4) is 44.5 Å². The van der Waals surface area contributed by atoms with E-state index in [2.05, 4.69) is 0 Å². The maximum atomic E-state index is 9.73. The lowest BCUT2D eigenvalue weighted by Crippen LogP contribution is -2.10. The maximum absolute atomic E-state index is 9.73. The Bertz CT molecular complexity index is 4350. The van der Waals surface area contributed by atoms with Gasteiger partial charge in [0.2, 0.25) is 0 Å². The maximum Gasteiger partial charge on any atom is 0.159 e. The van der Waals surface area contributed by atoms with Crippen LogP contribution in [0.1, 0.15) is 45.2 Å². The molecule has 2 heteroatoms. The van der Waals surface area contributed by atoms with E-state index in [0.717, 1.165) is 0 Å². The summed E-state index contributed by atoms with van der Waals surface area (Å²) in [6.45, 7) is 0. The van der Waals surface area contributed by atoms with Gasteiger partial charge in [0.25, 0.3) is 0 Å². The lowest BCUT2D eigenvalue weighted by molar-refractivity contribution is 0.669. The molecule has 9 aromatic rings. The zero-order valence-corrected chi connectivity index (χ0v) is 24.9. The molecular formula is C48H33NO. The van der Waals surface area contributed by atoms with Crippen molar-refractivity contribution in [2.75, 3.05) is 4.90 Å². The van der Waals surface area contributed by atoms with Crippen LogP contribution < -0.4 is 4.90 Å². The first-order valence-electron chi connectivity index (χ1n) is 30.8. The van der Waals surface area contributed by atoms with Crippen molar-refractivity contribution in [2.24, 2.45) is 0 Å². The molecule has 1 aromatic heterocycles. The van der Waals surface area contributed by atoms with Crippen molar-refractivity contribution < 1.29 is 49.7 Å². The number of hydrogen-bond acceptors (Lipinski definition) is 2. The molecule has 0 amide bonds. The molecule has 1 heterocycles. The van der Waals surface area contributed by atoms with Gasteiger partial charge in [0.1, 0.15) is 5.58 Å². The molecule has 0 aliphatic heterocycles. The first-order chi connectivity index (χ1) is 38.5. The molecule has 0 unspecified atom stereocenters. The van der Waals surface area contributed by atoms with Gasteiger partial charge >= 0.3 is 0 Å². The Labute approximate surface area is 338 Å². The predicted molar refractivity (Wildman–Crippen MR) is 210 cm³/mol. The summed E-state index contributed by atoms with van der Waals surface area (Å²) >= 11 is 0. The van der Waals surface area contributed by atoms with E-state index in [1.54, 1.807) is 0 Å². The monoisotopic (exact) mass is 672 g/mol. The number of hydrogen-bond donors (Lipinski definition) is 0. The van der Waals surface area contributed by atoms with E-state index in [1.165, 1.54) is 0 Å². The fourth-order valence-electron chi connectivity index (χ4n) is 4.93. The Hall–Kier alpha value is -6.64. The highest BCUT2D eigenvalue weighted by atomic mass is 16.3. The summed E-state index contributed by atoms with van der Waals surface area (Å²) in [6, 6.07) is -35.8. The third-order valence-electron chi connectivity index (χ3n) is 7.12. The van der Waals surface area contributed by atoms with Gasteiger partial charge in [-0.3, -0.25) is 0 Å². The second-order valence-corrected chi connectivity index (χ2v) is 10.0. The topological polar surface area (TPSA) is 16.4 Å². The second-order valence-electron chi connectivity index (χ2n) is 10.0. The zero-order chi connectivity index (χ0) is 62.0. The van der Waals surface area contributed by atoms with Crippen LogP contribution in [0.15, 0.2) is 204 Å². The second kappa shape index (κ2) is 12.8. The van der Waals surface area contributed by atoms with Gasteiger partial charge in [0.05, 0.1) is 50.9 Å². The van der Waals surface area contributed by atoms with Gasteiger partial charge in [-0.1, -0.05) is 157 Å².